The number of carbonyl (C=O) groups is 1. The van der Waals surface area contributed by atoms with Crippen LogP contribution in [0.15, 0.2) is 73.4 Å². The highest BCUT2D eigenvalue weighted by Crippen LogP contribution is 2.33. The molecular formula is C29H29N7O2. The summed E-state index contributed by atoms with van der Waals surface area (Å²) in [4.78, 5) is 28.8. The second-order valence-corrected chi connectivity index (χ2v) is 9.66. The second-order valence-electron chi connectivity index (χ2n) is 9.66. The summed E-state index contributed by atoms with van der Waals surface area (Å²) in [6, 6.07) is 14.2. The van der Waals surface area contributed by atoms with E-state index in [9.17, 15) is 4.79 Å². The third kappa shape index (κ3) is 4.81. The Morgan fingerprint density at radius 2 is 1.97 bits per heavy atom. The average Bonchev–Trinajstić information content (AvgIpc) is 3.31. The molecule has 1 atom stereocenters. The number of anilines is 2. The minimum atomic E-state index is -0.179. The van der Waals surface area contributed by atoms with Crippen LogP contribution >= 0.6 is 0 Å². The smallest absolute Gasteiger partial charge is 0.253 e. The Kier molecular flexibility index (Phi) is 6.45. The van der Waals surface area contributed by atoms with Crippen molar-refractivity contribution in [1.82, 2.24) is 29.7 Å². The van der Waals surface area contributed by atoms with Crippen molar-refractivity contribution in [3.8, 4) is 11.1 Å². The van der Waals surface area contributed by atoms with Gasteiger partial charge in [0.2, 0.25) is 0 Å². The molecule has 0 saturated carbocycles. The topological polar surface area (TPSA) is 97.2 Å². The molecule has 9 nitrogen and oxygen atoms in total. The Morgan fingerprint density at radius 3 is 2.87 bits per heavy atom. The van der Waals surface area contributed by atoms with Crippen molar-refractivity contribution in [2.75, 3.05) is 38.6 Å². The fourth-order valence-electron chi connectivity index (χ4n) is 4.94. The first kappa shape index (κ1) is 24.0. The van der Waals surface area contributed by atoms with Gasteiger partial charge in [-0.05, 0) is 48.3 Å². The van der Waals surface area contributed by atoms with Crippen LogP contribution in [0.1, 0.15) is 10.4 Å². The van der Waals surface area contributed by atoms with Crippen LogP contribution in [0.4, 0.5) is 11.4 Å². The molecule has 0 radical (unpaired) electrons. The molecular weight excluding hydrogens is 478 g/mol. The van der Waals surface area contributed by atoms with Gasteiger partial charge in [-0.25, -0.2) is 0 Å². The Labute approximate surface area is 220 Å². The van der Waals surface area contributed by atoms with Gasteiger partial charge < -0.3 is 24.8 Å². The monoisotopic (exact) mass is 507 g/mol. The highest BCUT2D eigenvalue weighted by atomic mass is 16.5. The molecule has 0 aliphatic carbocycles. The number of aryl methyl sites for hydroxylation is 1. The number of pyridine rings is 1. The number of fused-ring (bicyclic) bond motifs is 2. The Bertz CT molecular complexity index is 1630. The van der Waals surface area contributed by atoms with Gasteiger partial charge in [-0.1, -0.05) is 12.1 Å². The average molecular weight is 508 g/mol. The van der Waals surface area contributed by atoms with E-state index in [0.717, 1.165) is 46.5 Å². The highest BCUT2D eigenvalue weighted by Gasteiger charge is 2.20. The standard InChI is InChI=1S/C29H29N7O2/c1-35-11-12-38-22(18-35)16-33-29(37)23-5-7-30-17-26(23)34-21-14-24(28-25(15-21)31-8-9-32-28)20-4-3-19-6-10-36(2)27(19)13-20/h3-10,13-15,17,22,34H,11-12,16,18H2,1-2H3,(H,33,37). The number of aromatic nitrogens is 4. The molecule has 6 rings (SSSR count). The van der Waals surface area contributed by atoms with Crippen molar-refractivity contribution in [2.24, 2.45) is 7.05 Å². The summed E-state index contributed by atoms with van der Waals surface area (Å²) in [5.41, 5.74) is 6.61. The molecule has 1 aliphatic rings. The molecule has 9 heteroatoms. The fourth-order valence-corrected chi connectivity index (χ4v) is 4.94. The number of rotatable bonds is 6. The maximum Gasteiger partial charge on any atom is 0.253 e. The third-order valence-corrected chi connectivity index (χ3v) is 6.95. The molecule has 192 valence electrons. The zero-order valence-electron chi connectivity index (χ0n) is 21.4. The van der Waals surface area contributed by atoms with Gasteiger partial charge in [-0.3, -0.25) is 19.7 Å². The first-order chi connectivity index (χ1) is 18.5. The van der Waals surface area contributed by atoms with Gasteiger partial charge >= 0.3 is 0 Å². The number of carbonyl (C=O) groups excluding carboxylic acids is 1. The summed E-state index contributed by atoms with van der Waals surface area (Å²) in [6.07, 6.45) is 8.70. The summed E-state index contributed by atoms with van der Waals surface area (Å²) < 4.78 is 7.89. The van der Waals surface area contributed by atoms with Crippen molar-refractivity contribution >= 4 is 39.2 Å². The zero-order valence-corrected chi connectivity index (χ0v) is 21.4. The Balaban J connectivity index is 1.31. The number of hydrogen-bond acceptors (Lipinski definition) is 7. The molecule has 38 heavy (non-hydrogen) atoms. The molecule has 1 aliphatic heterocycles. The lowest BCUT2D eigenvalue weighted by atomic mass is 10.0. The molecule has 2 N–H and O–H groups in total. The maximum atomic E-state index is 13.1. The molecule has 1 fully saturated rings. The summed E-state index contributed by atoms with van der Waals surface area (Å²) in [6.45, 7) is 2.81. The number of benzene rings is 2. The first-order valence-electron chi connectivity index (χ1n) is 12.6. The van der Waals surface area contributed by atoms with E-state index in [0.29, 0.717) is 24.4 Å². The van der Waals surface area contributed by atoms with E-state index < -0.39 is 0 Å². The van der Waals surface area contributed by atoms with Crippen LogP contribution in [-0.2, 0) is 11.8 Å². The number of nitrogens with zero attached hydrogens (tertiary/aromatic N) is 5. The van der Waals surface area contributed by atoms with E-state index in [4.69, 9.17) is 4.74 Å². The lowest BCUT2D eigenvalue weighted by Gasteiger charge is -2.30. The summed E-state index contributed by atoms with van der Waals surface area (Å²) in [7, 11) is 4.10. The molecule has 0 bridgehead atoms. The number of hydrogen-bond donors (Lipinski definition) is 2. The number of amides is 1. The van der Waals surface area contributed by atoms with Crippen molar-refractivity contribution < 1.29 is 9.53 Å². The van der Waals surface area contributed by atoms with Crippen molar-refractivity contribution in [1.29, 1.82) is 0 Å². The molecule has 1 unspecified atom stereocenters. The predicted molar refractivity (Wildman–Crippen MR) is 149 cm³/mol. The van der Waals surface area contributed by atoms with Crippen LogP contribution < -0.4 is 10.6 Å². The van der Waals surface area contributed by atoms with Crippen LogP contribution in [0.25, 0.3) is 33.1 Å². The summed E-state index contributed by atoms with van der Waals surface area (Å²) in [5.74, 6) is -0.179. The molecule has 1 saturated heterocycles. The highest BCUT2D eigenvalue weighted by molar-refractivity contribution is 6.01. The Hall–Kier alpha value is -4.34. The number of nitrogens with one attached hydrogen (secondary N) is 2. The van der Waals surface area contributed by atoms with Crippen LogP contribution in [0, 0.1) is 0 Å². The van der Waals surface area contributed by atoms with Crippen molar-refractivity contribution in [3.05, 3.63) is 79.0 Å². The van der Waals surface area contributed by atoms with E-state index >= 15 is 0 Å². The summed E-state index contributed by atoms with van der Waals surface area (Å²) >= 11 is 0. The van der Waals surface area contributed by atoms with E-state index in [1.54, 1.807) is 30.9 Å². The lowest BCUT2D eigenvalue weighted by Crippen LogP contribution is -2.46. The van der Waals surface area contributed by atoms with Gasteiger partial charge in [-0.15, -0.1) is 0 Å². The van der Waals surface area contributed by atoms with Gasteiger partial charge in [0.25, 0.3) is 5.91 Å². The van der Waals surface area contributed by atoms with E-state index in [1.807, 2.05) is 19.2 Å². The zero-order chi connectivity index (χ0) is 26.1. The Morgan fingerprint density at radius 1 is 1.08 bits per heavy atom. The van der Waals surface area contributed by atoms with Crippen molar-refractivity contribution in [2.45, 2.75) is 6.10 Å². The fraction of sp³-hybridized carbons (Fsp3) is 0.241. The first-order valence-corrected chi connectivity index (χ1v) is 12.6. The van der Waals surface area contributed by atoms with Crippen molar-refractivity contribution in [3.63, 3.8) is 0 Å². The molecule has 5 aromatic rings. The SMILES string of the molecule is CN1CCOC(CNC(=O)c2ccncc2Nc2cc(-c3ccc4ccn(C)c4c3)c3nccnc3c2)C1. The maximum absolute atomic E-state index is 13.1. The normalized spacial score (nSPS) is 16.1. The quantitative estimate of drug-likeness (QED) is 0.359. The minimum absolute atomic E-state index is 0.0286. The van der Waals surface area contributed by atoms with E-state index in [2.05, 4.69) is 72.6 Å². The lowest BCUT2D eigenvalue weighted by molar-refractivity contribution is -0.0174. The molecule has 4 heterocycles. The second kappa shape index (κ2) is 10.2. The minimum Gasteiger partial charge on any atom is -0.374 e. The molecule has 3 aromatic heterocycles. The molecule has 1 amide bonds. The molecule has 2 aromatic carbocycles. The van der Waals surface area contributed by atoms with E-state index in [-0.39, 0.29) is 12.0 Å². The van der Waals surface area contributed by atoms with Gasteiger partial charge in [-0.2, -0.15) is 0 Å². The number of morpholine rings is 1. The van der Waals surface area contributed by atoms with Gasteiger partial charge in [0, 0.05) is 68.2 Å². The number of likely N-dealkylation sites (N-methyl/N-ethyl adjacent to an activating group) is 1. The van der Waals surface area contributed by atoms with Gasteiger partial charge in [0.15, 0.2) is 0 Å². The van der Waals surface area contributed by atoms with Gasteiger partial charge in [0.1, 0.15) is 0 Å². The van der Waals surface area contributed by atoms with Crippen LogP contribution in [0.5, 0.6) is 0 Å². The largest absolute Gasteiger partial charge is 0.374 e. The van der Waals surface area contributed by atoms with E-state index in [1.165, 1.54) is 5.39 Å². The number of ether oxygens (including phenoxy) is 1. The predicted octanol–water partition coefficient (Wildman–Crippen LogP) is 3.99. The van der Waals surface area contributed by atoms with Crippen LogP contribution in [-0.4, -0.2) is 69.7 Å². The third-order valence-electron chi connectivity index (χ3n) is 6.95. The summed E-state index contributed by atoms with van der Waals surface area (Å²) in [5, 5.41) is 7.61. The van der Waals surface area contributed by atoms with Gasteiger partial charge in [0.05, 0.1) is 41.2 Å². The molecule has 0 spiro atoms. The van der Waals surface area contributed by atoms with Crippen LogP contribution in [0.2, 0.25) is 0 Å². The van der Waals surface area contributed by atoms with Crippen LogP contribution in [0.3, 0.4) is 0 Å².